The van der Waals surface area contributed by atoms with Crippen LogP contribution < -0.4 is 9.62 Å². The van der Waals surface area contributed by atoms with Gasteiger partial charge in [0, 0.05) is 10.7 Å². The van der Waals surface area contributed by atoms with Gasteiger partial charge >= 0.3 is 0 Å². The lowest BCUT2D eigenvalue weighted by atomic mass is 10.2. The van der Waals surface area contributed by atoms with Crippen molar-refractivity contribution in [3.8, 4) is 0 Å². The van der Waals surface area contributed by atoms with E-state index >= 15 is 0 Å². The second-order valence-electron chi connectivity index (χ2n) is 6.26. The van der Waals surface area contributed by atoms with Gasteiger partial charge < -0.3 is 5.32 Å². The molecule has 0 atom stereocenters. The standard InChI is InChI=1S/C22H18Cl2N2O3S/c1-2-14-26(18-10-8-16(23)9-11-18)30(28,29)19-12-13-21(24)20(15-19)22(27)25-17-6-4-3-5-7-17/h2-13,15H,1,14H2,(H,25,27). The number of carbonyl (C=O) groups is 1. The third-order valence-corrected chi connectivity index (χ3v) is 6.58. The minimum atomic E-state index is -3.99. The van der Waals surface area contributed by atoms with Crippen LogP contribution in [0.1, 0.15) is 10.4 Å². The van der Waals surface area contributed by atoms with Gasteiger partial charge in [0.25, 0.3) is 15.9 Å². The number of amides is 1. The van der Waals surface area contributed by atoms with Gasteiger partial charge in [0.05, 0.1) is 27.7 Å². The Kier molecular flexibility index (Phi) is 6.82. The van der Waals surface area contributed by atoms with E-state index in [1.807, 2.05) is 6.07 Å². The second-order valence-corrected chi connectivity index (χ2v) is 8.97. The average molecular weight is 461 g/mol. The van der Waals surface area contributed by atoms with Gasteiger partial charge in [0.15, 0.2) is 0 Å². The normalized spacial score (nSPS) is 11.0. The molecule has 5 nitrogen and oxygen atoms in total. The SMILES string of the molecule is C=CCN(c1ccc(Cl)cc1)S(=O)(=O)c1ccc(Cl)c(C(=O)Nc2ccccc2)c1. The van der Waals surface area contributed by atoms with Crippen LogP contribution in [0.4, 0.5) is 11.4 Å². The zero-order valence-electron chi connectivity index (χ0n) is 15.8. The van der Waals surface area contributed by atoms with Crippen molar-refractivity contribution < 1.29 is 13.2 Å². The fourth-order valence-electron chi connectivity index (χ4n) is 2.75. The Morgan fingerprint density at radius 1 is 1.00 bits per heavy atom. The van der Waals surface area contributed by atoms with Gasteiger partial charge in [-0.2, -0.15) is 0 Å². The molecule has 3 aromatic rings. The van der Waals surface area contributed by atoms with Crippen LogP contribution in [0, 0.1) is 0 Å². The summed E-state index contributed by atoms with van der Waals surface area (Å²) in [5.74, 6) is -0.509. The lowest BCUT2D eigenvalue weighted by Gasteiger charge is -2.23. The van der Waals surface area contributed by atoms with Gasteiger partial charge in [0.1, 0.15) is 0 Å². The lowest BCUT2D eigenvalue weighted by Crippen LogP contribution is -2.31. The second kappa shape index (κ2) is 9.34. The summed E-state index contributed by atoms with van der Waals surface area (Å²) >= 11 is 12.1. The molecule has 154 valence electrons. The van der Waals surface area contributed by atoms with E-state index in [4.69, 9.17) is 23.2 Å². The zero-order chi connectivity index (χ0) is 21.7. The van der Waals surface area contributed by atoms with Crippen molar-refractivity contribution in [1.29, 1.82) is 0 Å². The van der Waals surface area contributed by atoms with Gasteiger partial charge in [0.2, 0.25) is 0 Å². The highest BCUT2D eigenvalue weighted by Gasteiger charge is 2.26. The summed E-state index contributed by atoms with van der Waals surface area (Å²) in [5.41, 5.74) is 1.04. The van der Waals surface area contributed by atoms with Crippen molar-refractivity contribution in [2.75, 3.05) is 16.2 Å². The summed E-state index contributed by atoms with van der Waals surface area (Å²) in [6.45, 7) is 3.68. The molecule has 8 heteroatoms. The molecule has 0 unspecified atom stereocenters. The van der Waals surface area contributed by atoms with Crippen LogP contribution in [-0.2, 0) is 10.0 Å². The first-order chi connectivity index (χ1) is 14.3. The number of nitrogens with zero attached hydrogens (tertiary/aromatic N) is 1. The molecule has 30 heavy (non-hydrogen) atoms. The highest BCUT2D eigenvalue weighted by Crippen LogP contribution is 2.28. The quantitative estimate of drug-likeness (QED) is 0.464. The maximum Gasteiger partial charge on any atom is 0.264 e. The summed E-state index contributed by atoms with van der Waals surface area (Å²) in [4.78, 5) is 12.6. The van der Waals surface area contributed by atoms with Crippen LogP contribution >= 0.6 is 23.2 Å². The first-order valence-corrected chi connectivity index (χ1v) is 11.1. The predicted octanol–water partition coefficient (Wildman–Crippen LogP) is 5.63. The number of rotatable bonds is 7. The molecule has 0 aliphatic carbocycles. The topological polar surface area (TPSA) is 66.5 Å². The summed E-state index contributed by atoms with van der Waals surface area (Å²) < 4.78 is 27.8. The average Bonchev–Trinajstić information content (AvgIpc) is 2.73. The molecule has 0 spiro atoms. The van der Waals surface area contributed by atoms with E-state index in [0.29, 0.717) is 16.4 Å². The molecule has 0 bridgehead atoms. The fourth-order valence-corrected chi connectivity index (χ4v) is 4.54. The third kappa shape index (κ3) is 4.84. The highest BCUT2D eigenvalue weighted by molar-refractivity contribution is 7.92. The van der Waals surface area contributed by atoms with E-state index in [9.17, 15) is 13.2 Å². The molecule has 0 aliphatic rings. The van der Waals surface area contributed by atoms with Gasteiger partial charge in [-0.3, -0.25) is 9.10 Å². The Morgan fingerprint density at radius 2 is 1.67 bits per heavy atom. The monoisotopic (exact) mass is 460 g/mol. The number of para-hydroxylation sites is 1. The van der Waals surface area contributed by atoms with Crippen molar-refractivity contribution in [3.63, 3.8) is 0 Å². The van der Waals surface area contributed by atoms with Crippen molar-refractivity contribution >= 4 is 50.5 Å². The predicted molar refractivity (Wildman–Crippen MR) is 122 cm³/mol. The molecule has 0 fully saturated rings. The van der Waals surface area contributed by atoms with Crippen molar-refractivity contribution in [2.24, 2.45) is 0 Å². The van der Waals surface area contributed by atoms with Crippen LogP contribution in [0.25, 0.3) is 0 Å². The van der Waals surface area contributed by atoms with Crippen LogP contribution in [0.15, 0.2) is 90.3 Å². The summed E-state index contributed by atoms with van der Waals surface area (Å²) in [5, 5.41) is 3.34. The van der Waals surface area contributed by atoms with E-state index < -0.39 is 15.9 Å². The molecular weight excluding hydrogens is 443 g/mol. The van der Waals surface area contributed by atoms with Crippen LogP contribution in [0.3, 0.4) is 0 Å². The first-order valence-electron chi connectivity index (χ1n) is 8.88. The molecule has 0 aliphatic heterocycles. The minimum absolute atomic E-state index is 0.0398. The van der Waals surface area contributed by atoms with Crippen LogP contribution in [-0.4, -0.2) is 20.9 Å². The summed E-state index contributed by atoms with van der Waals surface area (Å²) in [6.07, 6.45) is 1.48. The Hall–Kier alpha value is -2.80. The number of benzene rings is 3. The number of nitrogens with one attached hydrogen (secondary N) is 1. The van der Waals surface area contributed by atoms with Crippen LogP contribution in [0.2, 0.25) is 10.0 Å². The molecule has 1 amide bonds. The Balaban J connectivity index is 1.99. The largest absolute Gasteiger partial charge is 0.322 e. The van der Waals surface area contributed by atoms with Gasteiger partial charge in [-0.25, -0.2) is 8.42 Å². The molecule has 3 rings (SSSR count). The highest BCUT2D eigenvalue weighted by atomic mass is 35.5. The van der Waals surface area contributed by atoms with E-state index in [2.05, 4.69) is 11.9 Å². The maximum absolute atomic E-state index is 13.3. The molecule has 1 N–H and O–H groups in total. The lowest BCUT2D eigenvalue weighted by molar-refractivity contribution is 0.102. The van der Waals surface area contributed by atoms with E-state index in [0.717, 1.165) is 0 Å². The molecule has 0 heterocycles. The Morgan fingerprint density at radius 3 is 2.30 bits per heavy atom. The third-order valence-electron chi connectivity index (χ3n) is 4.21. The molecule has 0 saturated carbocycles. The molecular formula is C22H18Cl2N2O3S. The minimum Gasteiger partial charge on any atom is -0.322 e. The molecule has 0 radical (unpaired) electrons. The van der Waals surface area contributed by atoms with Crippen LogP contribution in [0.5, 0.6) is 0 Å². The number of carbonyl (C=O) groups excluding carboxylic acids is 1. The Bertz CT molecular complexity index is 1160. The fraction of sp³-hybridized carbons (Fsp3) is 0.0455. The van der Waals surface area contributed by atoms with Gasteiger partial charge in [-0.05, 0) is 54.6 Å². The Labute approximate surface area is 185 Å². The number of hydrogen-bond donors (Lipinski definition) is 1. The van der Waals surface area contributed by atoms with Crippen molar-refractivity contribution in [2.45, 2.75) is 4.90 Å². The number of anilines is 2. The van der Waals surface area contributed by atoms with Crippen molar-refractivity contribution in [3.05, 3.63) is 101 Å². The van der Waals surface area contributed by atoms with E-state index in [-0.39, 0.29) is 22.0 Å². The smallest absolute Gasteiger partial charge is 0.264 e. The van der Waals surface area contributed by atoms with Crippen molar-refractivity contribution in [1.82, 2.24) is 0 Å². The molecule has 0 saturated heterocycles. The maximum atomic E-state index is 13.3. The zero-order valence-corrected chi connectivity index (χ0v) is 18.1. The first kappa shape index (κ1) is 21.9. The number of halogens is 2. The molecule has 0 aromatic heterocycles. The van der Waals surface area contributed by atoms with E-state index in [1.165, 1.54) is 28.6 Å². The summed E-state index contributed by atoms with van der Waals surface area (Å²) in [6, 6.07) is 19.2. The molecule has 3 aromatic carbocycles. The summed E-state index contributed by atoms with van der Waals surface area (Å²) in [7, 11) is -3.99. The van der Waals surface area contributed by atoms with Gasteiger partial charge in [-0.15, -0.1) is 6.58 Å². The van der Waals surface area contributed by atoms with Gasteiger partial charge in [-0.1, -0.05) is 47.5 Å². The number of sulfonamides is 1. The van der Waals surface area contributed by atoms with E-state index in [1.54, 1.807) is 48.5 Å². The number of hydrogen-bond acceptors (Lipinski definition) is 3.